The maximum atomic E-state index is 12.2. The third-order valence-corrected chi connectivity index (χ3v) is 6.10. The third kappa shape index (κ3) is 5.55. The molecule has 1 heterocycles. The quantitative estimate of drug-likeness (QED) is 0.783. The molecule has 0 bridgehead atoms. The lowest BCUT2D eigenvalue weighted by molar-refractivity contribution is -0.120. The zero-order chi connectivity index (χ0) is 19.2. The lowest BCUT2D eigenvalue weighted by atomic mass is 10.1. The summed E-state index contributed by atoms with van der Waals surface area (Å²) in [6.45, 7) is 6.06. The van der Waals surface area contributed by atoms with E-state index in [1.165, 1.54) is 38.5 Å². The van der Waals surface area contributed by atoms with Crippen LogP contribution in [0.5, 0.6) is 0 Å². The van der Waals surface area contributed by atoms with Crippen molar-refractivity contribution in [2.24, 2.45) is 0 Å². The highest BCUT2D eigenvalue weighted by atomic mass is 16.2. The Labute approximate surface area is 162 Å². The molecule has 5 nitrogen and oxygen atoms in total. The van der Waals surface area contributed by atoms with E-state index in [4.69, 9.17) is 0 Å². The SMILES string of the molecule is Cc1ccc(C(=O)NCC(=O)NC2CCN(C3CCCCCC3)C2)cc1C. The first kappa shape index (κ1) is 19.9. The van der Waals surface area contributed by atoms with Crippen molar-refractivity contribution in [2.45, 2.75) is 70.9 Å². The van der Waals surface area contributed by atoms with Gasteiger partial charge in [0, 0.05) is 30.7 Å². The van der Waals surface area contributed by atoms with Crippen LogP contribution in [0.4, 0.5) is 0 Å². The minimum atomic E-state index is -0.195. The Balaban J connectivity index is 1.41. The van der Waals surface area contributed by atoms with Crippen molar-refractivity contribution < 1.29 is 9.59 Å². The van der Waals surface area contributed by atoms with E-state index in [0.29, 0.717) is 11.6 Å². The molecule has 1 aliphatic heterocycles. The van der Waals surface area contributed by atoms with Crippen molar-refractivity contribution in [3.8, 4) is 0 Å². The predicted octanol–water partition coefficient (Wildman–Crippen LogP) is 2.95. The fraction of sp³-hybridized carbons (Fsp3) is 0.636. The van der Waals surface area contributed by atoms with E-state index in [0.717, 1.165) is 30.6 Å². The number of aryl methyl sites for hydroxylation is 2. The number of carbonyl (C=O) groups is 2. The van der Waals surface area contributed by atoms with Gasteiger partial charge in [-0.25, -0.2) is 0 Å². The number of nitrogens with zero attached hydrogens (tertiary/aromatic N) is 1. The number of hydrogen-bond donors (Lipinski definition) is 2. The van der Waals surface area contributed by atoms with Gasteiger partial charge in [0.1, 0.15) is 0 Å². The van der Waals surface area contributed by atoms with Crippen LogP contribution in [0.15, 0.2) is 18.2 Å². The Hall–Kier alpha value is -1.88. The third-order valence-electron chi connectivity index (χ3n) is 6.10. The van der Waals surface area contributed by atoms with Gasteiger partial charge in [-0.2, -0.15) is 0 Å². The topological polar surface area (TPSA) is 61.4 Å². The van der Waals surface area contributed by atoms with Crippen molar-refractivity contribution in [2.75, 3.05) is 19.6 Å². The van der Waals surface area contributed by atoms with Crippen molar-refractivity contribution in [3.63, 3.8) is 0 Å². The molecule has 27 heavy (non-hydrogen) atoms. The molecule has 1 atom stereocenters. The molecule has 1 saturated carbocycles. The van der Waals surface area contributed by atoms with Gasteiger partial charge in [0.15, 0.2) is 0 Å². The van der Waals surface area contributed by atoms with Crippen LogP contribution in [-0.2, 0) is 4.79 Å². The summed E-state index contributed by atoms with van der Waals surface area (Å²) in [4.78, 5) is 27.1. The number of benzene rings is 1. The summed E-state index contributed by atoms with van der Waals surface area (Å²) in [5, 5.41) is 5.83. The van der Waals surface area contributed by atoms with Gasteiger partial charge in [-0.3, -0.25) is 14.5 Å². The number of carbonyl (C=O) groups excluding carboxylic acids is 2. The standard InChI is InChI=1S/C22H33N3O2/c1-16-9-10-18(13-17(16)2)22(27)23-14-21(26)24-19-11-12-25(15-19)20-7-5-3-4-6-8-20/h9-10,13,19-20H,3-8,11-12,14-15H2,1-2H3,(H,23,27)(H,24,26). The van der Waals surface area contributed by atoms with E-state index in [-0.39, 0.29) is 24.4 Å². The highest BCUT2D eigenvalue weighted by Gasteiger charge is 2.29. The molecular formula is C22H33N3O2. The van der Waals surface area contributed by atoms with Gasteiger partial charge in [0.25, 0.3) is 5.91 Å². The first-order valence-corrected chi connectivity index (χ1v) is 10.4. The Morgan fingerprint density at radius 2 is 1.78 bits per heavy atom. The van der Waals surface area contributed by atoms with E-state index in [1.54, 1.807) is 6.07 Å². The fourth-order valence-electron chi connectivity index (χ4n) is 4.28. The number of likely N-dealkylation sites (tertiary alicyclic amines) is 1. The summed E-state index contributed by atoms with van der Waals surface area (Å²) in [5.74, 6) is -0.292. The lowest BCUT2D eigenvalue weighted by Gasteiger charge is -2.26. The Kier molecular flexibility index (Phi) is 6.89. The largest absolute Gasteiger partial charge is 0.350 e. The van der Waals surface area contributed by atoms with Crippen LogP contribution in [0.1, 0.15) is 66.4 Å². The molecule has 1 aromatic rings. The van der Waals surface area contributed by atoms with Crippen molar-refractivity contribution in [1.29, 1.82) is 0 Å². The fourth-order valence-corrected chi connectivity index (χ4v) is 4.28. The molecule has 1 aliphatic carbocycles. The molecule has 5 heteroatoms. The predicted molar refractivity (Wildman–Crippen MR) is 108 cm³/mol. The highest BCUT2D eigenvalue weighted by molar-refractivity contribution is 5.96. The summed E-state index contributed by atoms with van der Waals surface area (Å²) in [6, 6.07) is 6.50. The zero-order valence-corrected chi connectivity index (χ0v) is 16.7. The first-order chi connectivity index (χ1) is 13.0. The van der Waals surface area contributed by atoms with Crippen LogP contribution in [0.3, 0.4) is 0 Å². The lowest BCUT2D eigenvalue weighted by Crippen LogP contribution is -2.44. The van der Waals surface area contributed by atoms with Crippen molar-refractivity contribution in [3.05, 3.63) is 34.9 Å². The molecule has 3 rings (SSSR count). The Morgan fingerprint density at radius 3 is 2.48 bits per heavy atom. The van der Waals surface area contributed by atoms with Gasteiger partial charge in [0.05, 0.1) is 6.54 Å². The molecule has 1 aromatic carbocycles. The van der Waals surface area contributed by atoms with Gasteiger partial charge < -0.3 is 10.6 Å². The summed E-state index contributed by atoms with van der Waals surface area (Å²) >= 11 is 0. The Morgan fingerprint density at radius 1 is 1.04 bits per heavy atom. The normalized spacial score (nSPS) is 21.6. The Bertz CT molecular complexity index is 666. The van der Waals surface area contributed by atoms with E-state index in [1.807, 2.05) is 26.0 Å². The van der Waals surface area contributed by atoms with E-state index in [2.05, 4.69) is 15.5 Å². The van der Waals surface area contributed by atoms with Gasteiger partial charge in [-0.05, 0) is 56.4 Å². The number of rotatable bonds is 5. The van der Waals surface area contributed by atoms with E-state index in [9.17, 15) is 9.59 Å². The van der Waals surface area contributed by atoms with Crippen LogP contribution in [0.25, 0.3) is 0 Å². The zero-order valence-electron chi connectivity index (χ0n) is 16.7. The summed E-state index contributed by atoms with van der Waals surface area (Å²) in [6.07, 6.45) is 9.01. The minimum absolute atomic E-state index is 0.0334. The molecule has 0 spiro atoms. The summed E-state index contributed by atoms with van der Waals surface area (Å²) in [7, 11) is 0. The first-order valence-electron chi connectivity index (χ1n) is 10.4. The van der Waals surface area contributed by atoms with Crippen molar-refractivity contribution >= 4 is 11.8 Å². The number of hydrogen-bond acceptors (Lipinski definition) is 3. The smallest absolute Gasteiger partial charge is 0.251 e. The van der Waals surface area contributed by atoms with Crippen molar-refractivity contribution in [1.82, 2.24) is 15.5 Å². The second kappa shape index (κ2) is 9.36. The average Bonchev–Trinajstić information content (AvgIpc) is 2.94. The van der Waals surface area contributed by atoms with Gasteiger partial charge >= 0.3 is 0 Å². The monoisotopic (exact) mass is 371 g/mol. The van der Waals surface area contributed by atoms with Crippen LogP contribution in [0, 0.1) is 13.8 Å². The van der Waals surface area contributed by atoms with Crippen LogP contribution in [-0.4, -0.2) is 48.4 Å². The summed E-state index contributed by atoms with van der Waals surface area (Å²) in [5.41, 5.74) is 2.84. The molecule has 2 N–H and O–H groups in total. The molecule has 2 aliphatic rings. The molecule has 148 valence electrons. The van der Waals surface area contributed by atoms with Gasteiger partial charge in [-0.15, -0.1) is 0 Å². The molecule has 1 unspecified atom stereocenters. The molecule has 2 amide bonds. The maximum Gasteiger partial charge on any atom is 0.251 e. The second-order valence-electron chi connectivity index (χ2n) is 8.18. The number of amides is 2. The molecule has 1 saturated heterocycles. The number of nitrogens with one attached hydrogen (secondary N) is 2. The van der Waals surface area contributed by atoms with Gasteiger partial charge in [-0.1, -0.05) is 31.7 Å². The minimum Gasteiger partial charge on any atom is -0.350 e. The average molecular weight is 372 g/mol. The van der Waals surface area contributed by atoms with Crippen LogP contribution >= 0.6 is 0 Å². The van der Waals surface area contributed by atoms with Crippen LogP contribution in [0.2, 0.25) is 0 Å². The molecule has 0 aromatic heterocycles. The molecule has 2 fully saturated rings. The van der Waals surface area contributed by atoms with E-state index < -0.39 is 0 Å². The summed E-state index contributed by atoms with van der Waals surface area (Å²) < 4.78 is 0. The maximum absolute atomic E-state index is 12.2. The van der Waals surface area contributed by atoms with Crippen LogP contribution < -0.4 is 10.6 Å². The molecule has 0 radical (unpaired) electrons. The van der Waals surface area contributed by atoms with E-state index >= 15 is 0 Å². The second-order valence-corrected chi connectivity index (χ2v) is 8.18. The van der Waals surface area contributed by atoms with Gasteiger partial charge in [0.2, 0.25) is 5.91 Å². The highest BCUT2D eigenvalue weighted by Crippen LogP contribution is 2.25. The molecular weight excluding hydrogens is 338 g/mol.